The largest absolute Gasteiger partial charge is 0.271 e. The molecule has 0 amide bonds. The Balaban J connectivity index is 2.16. The van der Waals surface area contributed by atoms with Gasteiger partial charge in [0.1, 0.15) is 0 Å². The van der Waals surface area contributed by atoms with Crippen LogP contribution in [0.3, 0.4) is 0 Å². The van der Waals surface area contributed by atoms with E-state index in [2.05, 4.69) is 5.43 Å². The smallest absolute Gasteiger partial charge is 0.0931 e. The van der Waals surface area contributed by atoms with E-state index in [1.165, 1.54) is 4.88 Å². The molecule has 5 heteroatoms. The summed E-state index contributed by atoms with van der Waals surface area (Å²) in [5.41, 5.74) is 3.88. The lowest BCUT2D eigenvalue weighted by atomic mass is 10.0. The van der Waals surface area contributed by atoms with Crippen LogP contribution in [0.4, 0.5) is 0 Å². The van der Waals surface area contributed by atoms with E-state index in [1.54, 1.807) is 11.3 Å². The van der Waals surface area contributed by atoms with Crippen LogP contribution < -0.4 is 11.3 Å². The molecule has 2 nitrogen and oxygen atoms in total. The summed E-state index contributed by atoms with van der Waals surface area (Å²) < 4.78 is 0.793. The van der Waals surface area contributed by atoms with Gasteiger partial charge in [0.25, 0.3) is 0 Å². The van der Waals surface area contributed by atoms with Gasteiger partial charge in [0, 0.05) is 16.3 Å². The molecule has 2 rings (SSSR count). The summed E-state index contributed by atoms with van der Waals surface area (Å²) in [6.07, 6.45) is 0.800. The average molecular weight is 287 g/mol. The third-order valence-electron chi connectivity index (χ3n) is 2.49. The van der Waals surface area contributed by atoms with Gasteiger partial charge in [0.05, 0.1) is 10.4 Å². The Morgan fingerprint density at radius 2 is 2.06 bits per heavy atom. The quantitative estimate of drug-likeness (QED) is 0.663. The van der Waals surface area contributed by atoms with Crippen molar-refractivity contribution in [3.05, 3.63) is 56.2 Å². The summed E-state index contributed by atoms with van der Waals surface area (Å²) in [4.78, 5) is 1.19. The molecule has 1 unspecified atom stereocenters. The predicted octanol–water partition coefficient (Wildman–Crippen LogP) is 3.80. The summed E-state index contributed by atoms with van der Waals surface area (Å²) in [6, 6.07) is 11.6. The minimum absolute atomic E-state index is 0.0448. The molecule has 0 aliphatic rings. The summed E-state index contributed by atoms with van der Waals surface area (Å²) in [7, 11) is 0. The van der Waals surface area contributed by atoms with Crippen molar-refractivity contribution in [3.63, 3.8) is 0 Å². The van der Waals surface area contributed by atoms with Gasteiger partial charge in [-0.3, -0.25) is 11.3 Å². The SMILES string of the molecule is NNC(Cc1ccc(Cl)s1)c1cccc(Cl)c1. The van der Waals surface area contributed by atoms with Gasteiger partial charge in [-0.15, -0.1) is 11.3 Å². The minimum atomic E-state index is 0.0448. The highest BCUT2D eigenvalue weighted by atomic mass is 35.5. The molecule has 0 bridgehead atoms. The van der Waals surface area contributed by atoms with Crippen LogP contribution in [0.5, 0.6) is 0 Å². The topological polar surface area (TPSA) is 38.0 Å². The molecule has 0 radical (unpaired) electrons. The summed E-state index contributed by atoms with van der Waals surface area (Å²) in [5, 5.41) is 0.715. The third-order valence-corrected chi connectivity index (χ3v) is 3.97. The van der Waals surface area contributed by atoms with Gasteiger partial charge >= 0.3 is 0 Å². The summed E-state index contributed by atoms with van der Waals surface area (Å²) >= 11 is 13.4. The van der Waals surface area contributed by atoms with Gasteiger partial charge in [-0.05, 0) is 29.8 Å². The second kappa shape index (κ2) is 5.85. The van der Waals surface area contributed by atoms with E-state index in [9.17, 15) is 0 Å². The molecule has 1 atom stereocenters. The number of hydrogen-bond donors (Lipinski definition) is 2. The molecule has 0 spiro atoms. The zero-order chi connectivity index (χ0) is 12.3. The molecule has 0 saturated carbocycles. The monoisotopic (exact) mass is 286 g/mol. The molecule has 1 heterocycles. The lowest BCUT2D eigenvalue weighted by Gasteiger charge is -2.15. The second-order valence-electron chi connectivity index (χ2n) is 3.68. The molecular weight excluding hydrogens is 275 g/mol. The number of nitrogens with two attached hydrogens (primary N) is 1. The van der Waals surface area contributed by atoms with Crippen LogP contribution in [0.2, 0.25) is 9.36 Å². The van der Waals surface area contributed by atoms with E-state index in [0.29, 0.717) is 5.02 Å². The Labute approximate surface area is 114 Å². The maximum Gasteiger partial charge on any atom is 0.0931 e. The second-order valence-corrected chi connectivity index (χ2v) is 5.92. The number of rotatable bonds is 4. The highest BCUT2D eigenvalue weighted by Gasteiger charge is 2.12. The van der Waals surface area contributed by atoms with Crippen LogP contribution in [0.15, 0.2) is 36.4 Å². The van der Waals surface area contributed by atoms with E-state index >= 15 is 0 Å². The number of nitrogens with one attached hydrogen (secondary N) is 1. The van der Waals surface area contributed by atoms with E-state index in [0.717, 1.165) is 16.3 Å². The fourth-order valence-electron chi connectivity index (χ4n) is 1.66. The molecule has 0 saturated heterocycles. The number of thiophene rings is 1. The summed E-state index contributed by atoms with van der Waals surface area (Å²) in [5.74, 6) is 5.59. The molecule has 1 aromatic heterocycles. The van der Waals surface area contributed by atoms with Crippen molar-refractivity contribution in [1.29, 1.82) is 0 Å². The van der Waals surface area contributed by atoms with Gasteiger partial charge in [-0.1, -0.05) is 35.3 Å². The van der Waals surface area contributed by atoms with E-state index in [4.69, 9.17) is 29.0 Å². The molecule has 1 aromatic carbocycles. The van der Waals surface area contributed by atoms with Crippen molar-refractivity contribution < 1.29 is 0 Å². The number of hydrazine groups is 1. The Bertz CT molecular complexity index is 499. The van der Waals surface area contributed by atoms with Crippen molar-refractivity contribution in [1.82, 2.24) is 5.43 Å². The summed E-state index contributed by atoms with van der Waals surface area (Å²) in [6.45, 7) is 0. The Hall–Kier alpha value is -0.580. The maximum atomic E-state index is 5.97. The van der Waals surface area contributed by atoms with Gasteiger partial charge in [-0.2, -0.15) is 0 Å². The van der Waals surface area contributed by atoms with E-state index < -0.39 is 0 Å². The molecule has 90 valence electrons. The van der Waals surface area contributed by atoms with Gasteiger partial charge in [0.2, 0.25) is 0 Å². The van der Waals surface area contributed by atoms with Crippen LogP contribution >= 0.6 is 34.5 Å². The fourth-order valence-corrected chi connectivity index (χ4v) is 2.99. The molecule has 3 N–H and O–H groups in total. The van der Waals surface area contributed by atoms with Gasteiger partial charge in [-0.25, -0.2) is 0 Å². The number of benzene rings is 1. The molecule has 17 heavy (non-hydrogen) atoms. The Morgan fingerprint density at radius 1 is 1.24 bits per heavy atom. The lowest BCUT2D eigenvalue weighted by Crippen LogP contribution is -2.29. The Morgan fingerprint density at radius 3 is 2.65 bits per heavy atom. The van der Waals surface area contributed by atoms with Crippen LogP contribution in [0.25, 0.3) is 0 Å². The van der Waals surface area contributed by atoms with Crippen molar-refractivity contribution >= 4 is 34.5 Å². The third kappa shape index (κ3) is 3.44. The standard InChI is InChI=1S/C12H12Cl2N2S/c13-9-3-1-2-8(6-9)11(16-15)7-10-4-5-12(14)17-10/h1-6,11,16H,7,15H2. The van der Waals surface area contributed by atoms with E-state index in [-0.39, 0.29) is 6.04 Å². The molecule has 2 aromatic rings. The van der Waals surface area contributed by atoms with Gasteiger partial charge in [0.15, 0.2) is 0 Å². The van der Waals surface area contributed by atoms with Crippen molar-refractivity contribution in [2.75, 3.05) is 0 Å². The van der Waals surface area contributed by atoms with Crippen molar-refractivity contribution in [3.8, 4) is 0 Å². The molecule has 0 aliphatic carbocycles. The average Bonchev–Trinajstić information content (AvgIpc) is 2.72. The van der Waals surface area contributed by atoms with Crippen molar-refractivity contribution in [2.24, 2.45) is 5.84 Å². The van der Waals surface area contributed by atoms with Gasteiger partial charge < -0.3 is 0 Å². The van der Waals surface area contributed by atoms with Crippen LogP contribution in [-0.4, -0.2) is 0 Å². The molecular formula is C12H12Cl2N2S. The predicted molar refractivity (Wildman–Crippen MR) is 74.5 cm³/mol. The maximum absolute atomic E-state index is 5.97. The van der Waals surface area contributed by atoms with Crippen LogP contribution in [-0.2, 0) is 6.42 Å². The fraction of sp³-hybridized carbons (Fsp3) is 0.167. The van der Waals surface area contributed by atoms with Crippen LogP contribution in [0.1, 0.15) is 16.5 Å². The van der Waals surface area contributed by atoms with E-state index in [1.807, 2.05) is 36.4 Å². The highest BCUT2D eigenvalue weighted by molar-refractivity contribution is 7.16. The first-order chi connectivity index (χ1) is 8.19. The lowest BCUT2D eigenvalue weighted by molar-refractivity contribution is 0.555. The Kier molecular flexibility index (Phi) is 4.42. The molecule has 0 aliphatic heterocycles. The number of halogens is 2. The zero-order valence-electron chi connectivity index (χ0n) is 8.99. The highest BCUT2D eigenvalue weighted by Crippen LogP contribution is 2.27. The normalized spacial score (nSPS) is 12.6. The first kappa shape index (κ1) is 12.9. The molecule has 0 fully saturated rings. The first-order valence-corrected chi connectivity index (χ1v) is 6.72. The van der Waals surface area contributed by atoms with Crippen molar-refractivity contribution in [2.45, 2.75) is 12.5 Å². The number of hydrogen-bond acceptors (Lipinski definition) is 3. The first-order valence-electron chi connectivity index (χ1n) is 5.15. The zero-order valence-corrected chi connectivity index (χ0v) is 11.3. The minimum Gasteiger partial charge on any atom is -0.271 e. The van der Waals surface area contributed by atoms with Crippen LogP contribution in [0, 0.1) is 0 Å².